The summed E-state index contributed by atoms with van der Waals surface area (Å²) in [6.45, 7) is 0. The van der Waals surface area contributed by atoms with Crippen LogP contribution in [0.1, 0.15) is 12.8 Å². The number of rotatable bonds is 2. The molecule has 0 saturated carbocycles. The van der Waals surface area contributed by atoms with E-state index in [-0.39, 0.29) is 0 Å². The zero-order valence-electron chi connectivity index (χ0n) is 8.14. The standard InChI is InChI=1S/C10H12Cl2S2/c1-13-9-7(11)5-3-4-6-8(12)10(9)14-2/h3-4H,5-6H2,1-2H3. The third kappa shape index (κ3) is 2.99. The van der Waals surface area contributed by atoms with E-state index in [4.69, 9.17) is 23.2 Å². The van der Waals surface area contributed by atoms with E-state index < -0.39 is 0 Å². The second-order valence-electron chi connectivity index (χ2n) is 2.76. The van der Waals surface area contributed by atoms with E-state index in [9.17, 15) is 0 Å². The molecule has 0 aromatic rings. The highest BCUT2D eigenvalue weighted by Crippen LogP contribution is 2.40. The van der Waals surface area contributed by atoms with Crippen LogP contribution in [-0.2, 0) is 0 Å². The van der Waals surface area contributed by atoms with Crippen LogP contribution in [0, 0.1) is 0 Å². The van der Waals surface area contributed by atoms with E-state index >= 15 is 0 Å². The van der Waals surface area contributed by atoms with E-state index in [0.29, 0.717) is 0 Å². The Kier molecular flexibility index (Phi) is 5.53. The van der Waals surface area contributed by atoms with Crippen LogP contribution in [0.5, 0.6) is 0 Å². The lowest BCUT2D eigenvalue weighted by Gasteiger charge is -2.13. The van der Waals surface area contributed by atoms with Crippen molar-refractivity contribution in [3.8, 4) is 0 Å². The Balaban J connectivity index is 3.17. The first kappa shape index (κ1) is 12.6. The maximum absolute atomic E-state index is 6.20. The fourth-order valence-electron chi connectivity index (χ4n) is 1.21. The second-order valence-corrected chi connectivity index (χ2v) is 5.30. The quantitative estimate of drug-likeness (QED) is 0.648. The highest BCUT2D eigenvalue weighted by molar-refractivity contribution is 8.07. The molecule has 0 spiro atoms. The summed E-state index contributed by atoms with van der Waals surface area (Å²) in [5.74, 6) is 0. The van der Waals surface area contributed by atoms with Gasteiger partial charge in [-0.2, -0.15) is 0 Å². The summed E-state index contributed by atoms with van der Waals surface area (Å²) in [7, 11) is 0. The van der Waals surface area contributed by atoms with Crippen molar-refractivity contribution < 1.29 is 0 Å². The van der Waals surface area contributed by atoms with Gasteiger partial charge in [-0.25, -0.2) is 0 Å². The molecule has 0 fully saturated rings. The van der Waals surface area contributed by atoms with Crippen molar-refractivity contribution in [2.24, 2.45) is 0 Å². The molecule has 0 aromatic carbocycles. The monoisotopic (exact) mass is 266 g/mol. The van der Waals surface area contributed by atoms with E-state index in [0.717, 1.165) is 32.7 Å². The lowest BCUT2D eigenvalue weighted by Crippen LogP contribution is -1.90. The van der Waals surface area contributed by atoms with Gasteiger partial charge in [0.05, 0.1) is 0 Å². The minimum Gasteiger partial charge on any atom is -0.127 e. The Morgan fingerprint density at radius 1 is 0.929 bits per heavy atom. The van der Waals surface area contributed by atoms with Crippen molar-refractivity contribution in [2.75, 3.05) is 12.5 Å². The number of hydrogen-bond acceptors (Lipinski definition) is 2. The van der Waals surface area contributed by atoms with Gasteiger partial charge in [0.1, 0.15) is 0 Å². The molecule has 0 nitrogen and oxygen atoms in total. The Bertz CT molecular complexity index is 273. The number of thioether (sulfide) groups is 2. The van der Waals surface area contributed by atoms with Gasteiger partial charge in [0.2, 0.25) is 0 Å². The minimum atomic E-state index is 0.811. The number of allylic oxidation sites excluding steroid dienone is 4. The summed E-state index contributed by atoms with van der Waals surface area (Å²) in [6, 6.07) is 0. The van der Waals surface area contributed by atoms with Crippen LogP contribution < -0.4 is 0 Å². The molecular weight excluding hydrogens is 255 g/mol. The highest BCUT2D eigenvalue weighted by atomic mass is 35.5. The molecule has 0 saturated heterocycles. The number of hydrogen-bond donors (Lipinski definition) is 0. The van der Waals surface area contributed by atoms with Crippen LogP contribution in [0.15, 0.2) is 32.0 Å². The van der Waals surface area contributed by atoms with Gasteiger partial charge >= 0.3 is 0 Å². The largest absolute Gasteiger partial charge is 0.127 e. The minimum absolute atomic E-state index is 0.811. The van der Waals surface area contributed by atoms with Crippen molar-refractivity contribution >= 4 is 46.7 Å². The maximum Gasteiger partial charge on any atom is 0.0366 e. The highest BCUT2D eigenvalue weighted by Gasteiger charge is 2.13. The molecule has 0 unspecified atom stereocenters. The summed E-state index contributed by atoms with van der Waals surface area (Å²) >= 11 is 15.7. The van der Waals surface area contributed by atoms with Gasteiger partial charge in [0, 0.05) is 32.7 Å². The zero-order chi connectivity index (χ0) is 10.6. The van der Waals surface area contributed by atoms with Crippen molar-refractivity contribution in [1.29, 1.82) is 0 Å². The average molecular weight is 267 g/mol. The SMILES string of the molecule is CSC1=C(Cl)CC=CCC(Cl)=C1SC. The first-order valence-electron chi connectivity index (χ1n) is 4.21. The molecule has 0 N–H and O–H groups in total. The topological polar surface area (TPSA) is 0 Å². The van der Waals surface area contributed by atoms with Crippen LogP contribution in [0.25, 0.3) is 0 Å². The summed E-state index contributed by atoms with van der Waals surface area (Å²) in [6.07, 6.45) is 9.82. The Labute approximate surface area is 104 Å². The van der Waals surface area contributed by atoms with Gasteiger partial charge in [-0.15, -0.1) is 23.5 Å². The average Bonchev–Trinajstić information content (AvgIpc) is 2.17. The predicted molar refractivity (Wildman–Crippen MR) is 71.2 cm³/mol. The lowest BCUT2D eigenvalue weighted by molar-refractivity contribution is 1.24. The van der Waals surface area contributed by atoms with Gasteiger partial charge in [0.25, 0.3) is 0 Å². The summed E-state index contributed by atoms with van der Waals surface area (Å²) in [5.41, 5.74) is 0. The molecule has 4 heteroatoms. The lowest BCUT2D eigenvalue weighted by atomic mass is 10.2. The first-order chi connectivity index (χ1) is 6.70. The molecule has 14 heavy (non-hydrogen) atoms. The van der Waals surface area contributed by atoms with Gasteiger partial charge < -0.3 is 0 Å². The van der Waals surface area contributed by atoms with Crippen molar-refractivity contribution in [1.82, 2.24) is 0 Å². The van der Waals surface area contributed by atoms with E-state index in [1.807, 2.05) is 12.5 Å². The summed E-state index contributed by atoms with van der Waals surface area (Å²) in [5, 5.41) is 1.77. The molecule has 0 heterocycles. The maximum atomic E-state index is 6.20. The first-order valence-corrected chi connectivity index (χ1v) is 7.42. The molecule has 0 aliphatic heterocycles. The van der Waals surface area contributed by atoms with Gasteiger partial charge in [-0.1, -0.05) is 35.4 Å². The third-order valence-electron chi connectivity index (χ3n) is 1.87. The van der Waals surface area contributed by atoms with Crippen molar-refractivity contribution in [3.05, 3.63) is 32.0 Å². The van der Waals surface area contributed by atoms with Crippen LogP contribution in [0.3, 0.4) is 0 Å². The fraction of sp³-hybridized carbons (Fsp3) is 0.400. The van der Waals surface area contributed by atoms with Crippen LogP contribution in [0.2, 0.25) is 0 Å². The smallest absolute Gasteiger partial charge is 0.0366 e. The Hall–Kier alpha value is 0.500. The molecule has 1 rings (SSSR count). The van der Waals surface area contributed by atoms with Crippen LogP contribution >= 0.6 is 46.7 Å². The molecule has 0 atom stereocenters. The van der Waals surface area contributed by atoms with Crippen molar-refractivity contribution in [2.45, 2.75) is 12.8 Å². The molecule has 1 aliphatic carbocycles. The predicted octanol–water partition coefficient (Wildman–Crippen LogP) is 4.96. The van der Waals surface area contributed by atoms with Crippen molar-refractivity contribution in [3.63, 3.8) is 0 Å². The molecule has 0 bridgehead atoms. The zero-order valence-corrected chi connectivity index (χ0v) is 11.3. The normalized spacial score (nSPS) is 18.6. The third-order valence-corrected chi connectivity index (χ3v) is 4.63. The van der Waals surface area contributed by atoms with Gasteiger partial charge in [-0.05, 0) is 12.5 Å². The van der Waals surface area contributed by atoms with E-state index in [1.54, 1.807) is 23.5 Å². The Morgan fingerprint density at radius 3 is 1.57 bits per heavy atom. The number of halogens is 2. The van der Waals surface area contributed by atoms with E-state index in [2.05, 4.69) is 12.2 Å². The fourth-order valence-corrected chi connectivity index (χ4v) is 3.88. The second kappa shape index (κ2) is 6.16. The summed E-state index contributed by atoms with van der Waals surface area (Å²) < 4.78 is 0. The van der Waals surface area contributed by atoms with E-state index in [1.165, 1.54) is 0 Å². The molecule has 0 amide bonds. The van der Waals surface area contributed by atoms with Crippen LogP contribution in [-0.4, -0.2) is 12.5 Å². The van der Waals surface area contributed by atoms with Crippen LogP contribution in [0.4, 0.5) is 0 Å². The van der Waals surface area contributed by atoms with Gasteiger partial charge in [0.15, 0.2) is 0 Å². The molecular formula is C10H12Cl2S2. The Morgan fingerprint density at radius 2 is 1.29 bits per heavy atom. The van der Waals surface area contributed by atoms with Gasteiger partial charge in [-0.3, -0.25) is 0 Å². The molecule has 1 aliphatic rings. The summed E-state index contributed by atoms with van der Waals surface area (Å²) in [4.78, 5) is 2.24. The molecule has 0 radical (unpaired) electrons. The molecule has 0 aromatic heterocycles. The molecule has 78 valence electrons.